The van der Waals surface area contributed by atoms with E-state index in [-0.39, 0.29) is 29.4 Å². The maximum Gasteiger partial charge on any atom is 0.216 e. The van der Waals surface area contributed by atoms with E-state index in [9.17, 15) is 0 Å². The summed E-state index contributed by atoms with van der Waals surface area (Å²) in [5.74, 6) is 3.97. The first kappa shape index (κ1) is 27.2. The van der Waals surface area contributed by atoms with Crippen LogP contribution in [0.15, 0.2) is 33.8 Å². The molecule has 0 atom stereocenters. The van der Waals surface area contributed by atoms with E-state index in [1.54, 1.807) is 14.2 Å². The van der Waals surface area contributed by atoms with E-state index in [1.165, 1.54) is 5.56 Å². The number of hydrogen-bond acceptors (Lipinski definition) is 6. The Morgan fingerprint density at radius 1 is 1.12 bits per heavy atom. The monoisotopic (exact) mass is 571 g/mol. The average molecular weight is 572 g/mol. The number of ether oxygens (including phenoxy) is 2. The Kier molecular flexibility index (Phi) is 10.3. The lowest BCUT2D eigenvalue weighted by atomic mass is 9.94. The molecule has 1 aliphatic rings. The fourth-order valence-corrected chi connectivity index (χ4v) is 3.65. The summed E-state index contributed by atoms with van der Waals surface area (Å²) < 4.78 is 16.7. The summed E-state index contributed by atoms with van der Waals surface area (Å²) in [4.78, 5) is 13.9. The molecule has 3 rings (SSSR count). The first-order chi connectivity index (χ1) is 15.3. The molecule has 1 saturated heterocycles. The second kappa shape index (κ2) is 12.5. The van der Waals surface area contributed by atoms with E-state index in [0.717, 1.165) is 62.5 Å². The van der Waals surface area contributed by atoms with Crippen LogP contribution in [0.4, 0.5) is 0 Å². The van der Waals surface area contributed by atoms with Crippen molar-refractivity contribution in [2.75, 3.05) is 46.9 Å². The van der Waals surface area contributed by atoms with Crippen LogP contribution < -0.4 is 14.8 Å². The molecule has 1 fully saturated rings. The number of methoxy groups -OCH3 is 2. The molecule has 2 aromatic rings. The van der Waals surface area contributed by atoms with Crippen molar-refractivity contribution in [3.05, 3.63) is 41.6 Å². The molecule has 0 saturated carbocycles. The van der Waals surface area contributed by atoms with Crippen molar-refractivity contribution in [3.63, 3.8) is 0 Å². The zero-order valence-electron chi connectivity index (χ0n) is 20.7. The van der Waals surface area contributed by atoms with Crippen LogP contribution in [-0.4, -0.2) is 67.7 Å². The second-order valence-electron chi connectivity index (χ2n) is 8.99. The lowest BCUT2D eigenvalue weighted by Crippen LogP contribution is -2.52. The molecule has 0 unspecified atom stereocenters. The highest BCUT2D eigenvalue weighted by atomic mass is 127. The minimum atomic E-state index is -0.0519. The Morgan fingerprint density at radius 2 is 1.82 bits per heavy atom. The summed E-state index contributed by atoms with van der Waals surface area (Å²) >= 11 is 0. The highest BCUT2D eigenvalue weighted by molar-refractivity contribution is 14.0. The summed E-state index contributed by atoms with van der Waals surface area (Å²) in [6.07, 6.45) is 1.81. The van der Waals surface area contributed by atoms with Crippen molar-refractivity contribution in [2.45, 2.75) is 46.2 Å². The summed E-state index contributed by atoms with van der Waals surface area (Å²) in [5, 5.41) is 3.41. The number of oxazole rings is 1. The number of hydrogen-bond donors (Lipinski definition) is 1. The molecule has 9 heteroatoms. The van der Waals surface area contributed by atoms with Gasteiger partial charge in [-0.3, -0.25) is 4.90 Å². The van der Waals surface area contributed by atoms with Gasteiger partial charge in [0.2, 0.25) is 5.89 Å². The molecule has 0 radical (unpaired) electrons. The van der Waals surface area contributed by atoms with Crippen LogP contribution in [0.3, 0.4) is 0 Å². The highest BCUT2D eigenvalue weighted by Gasteiger charge is 2.21. The second-order valence-corrected chi connectivity index (χ2v) is 8.99. The minimum absolute atomic E-state index is 0. The quantitative estimate of drug-likeness (QED) is 0.307. The number of aromatic nitrogens is 1. The van der Waals surface area contributed by atoms with Crippen molar-refractivity contribution >= 4 is 29.9 Å². The number of benzene rings is 1. The zero-order valence-corrected chi connectivity index (χ0v) is 23.0. The predicted molar refractivity (Wildman–Crippen MR) is 142 cm³/mol. The molecule has 0 spiro atoms. The molecule has 0 amide bonds. The van der Waals surface area contributed by atoms with Crippen LogP contribution in [0.5, 0.6) is 11.5 Å². The maximum atomic E-state index is 5.89. The Labute approximate surface area is 214 Å². The van der Waals surface area contributed by atoms with E-state index in [4.69, 9.17) is 18.9 Å². The fraction of sp³-hybridized carbons (Fsp3) is 0.583. The van der Waals surface area contributed by atoms with Crippen molar-refractivity contribution in [1.82, 2.24) is 20.1 Å². The summed E-state index contributed by atoms with van der Waals surface area (Å²) in [5.41, 5.74) is 1.17. The largest absolute Gasteiger partial charge is 0.493 e. The normalized spacial score (nSPS) is 15.2. The van der Waals surface area contributed by atoms with Gasteiger partial charge in [0, 0.05) is 44.7 Å². The molecule has 1 aliphatic heterocycles. The van der Waals surface area contributed by atoms with E-state index in [1.807, 2.05) is 12.3 Å². The first-order valence-electron chi connectivity index (χ1n) is 11.3. The van der Waals surface area contributed by atoms with Gasteiger partial charge in [-0.2, -0.15) is 0 Å². The molecule has 0 aliphatic carbocycles. The number of nitrogens with zero attached hydrogens (tertiary/aromatic N) is 4. The number of halogens is 1. The number of guanidine groups is 1. The molecular formula is C24H38IN5O3. The van der Waals surface area contributed by atoms with E-state index < -0.39 is 0 Å². The van der Waals surface area contributed by atoms with Crippen LogP contribution in [0.1, 0.15) is 44.9 Å². The van der Waals surface area contributed by atoms with Gasteiger partial charge in [0.15, 0.2) is 17.5 Å². The SMILES string of the molecule is CCNC(=NCc1ncc(C(C)(C)C)o1)N1CCN(Cc2ccc(OC)c(OC)c2)CC1.I. The first-order valence-corrected chi connectivity index (χ1v) is 11.3. The van der Waals surface area contributed by atoms with Gasteiger partial charge in [0.1, 0.15) is 12.3 Å². The Morgan fingerprint density at radius 3 is 2.39 bits per heavy atom. The smallest absolute Gasteiger partial charge is 0.216 e. The van der Waals surface area contributed by atoms with Crippen LogP contribution in [0.2, 0.25) is 0 Å². The fourth-order valence-electron chi connectivity index (χ4n) is 3.65. The maximum absolute atomic E-state index is 5.89. The van der Waals surface area contributed by atoms with Gasteiger partial charge in [0.05, 0.1) is 20.4 Å². The van der Waals surface area contributed by atoms with Gasteiger partial charge in [-0.1, -0.05) is 26.8 Å². The number of rotatable bonds is 7. The van der Waals surface area contributed by atoms with E-state index in [0.29, 0.717) is 12.4 Å². The zero-order chi connectivity index (χ0) is 23.1. The molecule has 0 bridgehead atoms. The molecular weight excluding hydrogens is 533 g/mol. The Balaban J connectivity index is 0.00000385. The van der Waals surface area contributed by atoms with Crippen LogP contribution in [0.25, 0.3) is 0 Å². The van der Waals surface area contributed by atoms with Crippen molar-refractivity contribution < 1.29 is 13.9 Å². The summed E-state index contributed by atoms with van der Waals surface area (Å²) in [7, 11) is 3.33. The standard InChI is InChI=1S/C24H37N5O3.HI/c1-7-25-23(27-16-22-26-15-21(32-22)24(2,3)4)29-12-10-28(11-13-29)17-18-8-9-19(30-5)20(14-18)31-6;/h8-9,14-15H,7,10-13,16-17H2,1-6H3,(H,25,27);1H. The molecule has 1 aromatic carbocycles. The molecule has 2 heterocycles. The highest BCUT2D eigenvalue weighted by Crippen LogP contribution is 2.28. The van der Waals surface area contributed by atoms with Crippen LogP contribution in [0, 0.1) is 0 Å². The van der Waals surface area contributed by atoms with Crippen molar-refractivity contribution in [1.29, 1.82) is 0 Å². The van der Waals surface area contributed by atoms with Crippen LogP contribution in [-0.2, 0) is 18.5 Å². The average Bonchev–Trinajstić information content (AvgIpc) is 3.27. The molecule has 33 heavy (non-hydrogen) atoms. The van der Waals surface area contributed by atoms with Gasteiger partial charge in [-0.15, -0.1) is 24.0 Å². The van der Waals surface area contributed by atoms with Crippen molar-refractivity contribution in [2.24, 2.45) is 4.99 Å². The predicted octanol–water partition coefficient (Wildman–Crippen LogP) is 3.89. The Hall–Kier alpha value is -2.01. The molecule has 184 valence electrons. The topological polar surface area (TPSA) is 75.4 Å². The van der Waals surface area contributed by atoms with Crippen LogP contribution >= 0.6 is 24.0 Å². The minimum Gasteiger partial charge on any atom is -0.493 e. The third-order valence-corrected chi connectivity index (χ3v) is 5.52. The van der Waals surface area contributed by atoms with Gasteiger partial charge >= 0.3 is 0 Å². The summed E-state index contributed by atoms with van der Waals surface area (Å²) in [6.45, 7) is 14.3. The van der Waals surface area contributed by atoms with E-state index in [2.05, 4.69) is 59.9 Å². The van der Waals surface area contributed by atoms with Gasteiger partial charge in [0.25, 0.3) is 0 Å². The number of piperazine rings is 1. The third kappa shape index (κ3) is 7.49. The Bertz CT molecular complexity index is 902. The molecule has 1 N–H and O–H groups in total. The van der Waals surface area contributed by atoms with Gasteiger partial charge < -0.3 is 24.1 Å². The number of nitrogens with one attached hydrogen (secondary N) is 1. The third-order valence-electron chi connectivity index (χ3n) is 5.52. The lowest BCUT2D eigenvalue weighted by Gasteiger charge is -2.36. The lowest BCUT2D eigenvalue weighted by molar-refractivity contribution is 0.172. The summed E-state index contributed by atoms with van der Waals surface area (Å²) in [6, 6.07) is 6.12. The van der Waals surface area contributed by atoms with Crippen molar-refractivity contribution in [3.8, 4) is 11.5 Å². The molecule has 8 nitrogen and oxygen atoms in total. The number of aliphatic imine (C=N–C) groups is 1. The molecule has 1 aromatic heterocycles. The van der Waals surface area contributed by atoms with Gasteiger partial charge in [-0.25, -0.2) is 9.98 Å². The van der Waals surface area contributed by atoms with E-state index >= 15 is 0 Å². The van der Waals surface area contributed by atoms with Gasteiger partial charge in [-0.05, 0) is 24.6 Å².